The molecular weight excluding hydrogens is 804 g/mol. The fourth-order valence-corrected chi connectivity index (χ4v) is 12.7. The number of ketones is 1. The summed E-state index contributed by atoms with van der Waals surface area (Å²) in [4.78, 5) is 53.6. The van der Waals surface area contributed by atoms with Crippen molar-refractivity contribution in [3.05, 3.63) is 113 Å². The Kier molecular flexibility index (Phi) is 12.8. The van der Waals surface area contributed by atoms with Crippen LogP contribution in [0, 0.1) is 18.8 Å². The predicted octanol–water partition coefficient (Wildman–Crippen LogP) is 10.4. The van der Waals surface area contributed by atoms with Gasteiger partial charge >= 0.3 is 0 Å². The van der Waals surface area contributed by atoms with Crippen molar-refractivity contribution >= 4 is 46.4 Å². The van der Waals surface area contributed by atoms with Crippen LogP contribution in [0.2, 0.25) is 0 Å². The first-order valence-electron chi connectivity index (χ1n) is 21.7. The third-order valence-electron chi connectivity index (χ3n) is 12.6. The molecule has 1 aliphatic carbocycles. The standard InChI is InChI=1S/C49H57N4O6PS/c1-32(2)50-48-52-43(31-61-48)42-26-46(40-21-20-38(58-4)24-41(40)51-42)59-39-25-44-45(54)28-49(60(56,57)30-34-15-9-8-10-16-34)27-37(49)19-12-7-5-6-11-18-36(47(55)53(44)29-39)23-35-17-13-14-33(3)22-35/h8-10,12-17,19-22,24,26,31-32,36-37,39,44H,5-7,11,18,23,25,27-30H2,1-4H3,(H,50,52)(H,56,57)/b19-12-/t36-,37-,39-,44+,49-/m1/s1. The second kappa shape index (κ2) is 18.3. The monoisotopic (exact) mass is 860 g/mol. The molecule has 10 nitrogen and oxygen atoms in total. The molecule has 320 valence electrons. The lowest BCUT2D eigenvalue weighted by Crippen LogP contribution is -2.45. The smallest absolute Gasteiger partial charge is 0.226 e. The number of fused-ring (bicyclic) bond motifs is 3. The number of pyridine rings is 1. The average molecular weight is 861 g/mol. The number of carbonyl (C=O) groups excluding carboxylic acids is 2. The summed E-state index contributed by atoms with van der Waals surface area (Å²) in [6, 6.07) is 24.7. The molecule has 0 spiro atoms. The van der Waals surface area contributed by atoms with Gasteiger partial charge in [-0.05, 0) is 82.1 Å². The quantitative estimate of drug-likeness (QED) is 0.0984. The molecule has 2 aromatic heterocycles. The fraction of sp³-hybridized carbons (Fsp3) is 0.429. The molecule has 12 heteroatoms. The van der Waals surface area contributed by atoms with Crippen LogP contribution in [0.15, 0.2) is 96.4 Å². The molecule has 61 heavy (non-hydrogen) atoms. The van der Waals surface area contributed by atoms with Crippen LogP contribution in [-0.4, -0.2) is 68.4 Å². The predicted molar refractivity (Wildman–Crippen MR) is 244 cm³/mol. The Morgan fingerprint density at radius 2 is 1.80 bits per heavy atom. The van der Waals surface area contributed by atoms with Crippen molar-refractivity contribution in [2.45, 2.75) is 108 Å². The number of thiazole rings is 1. The Bertz CT molecular complexity index is 2450. The number of nitrogens with one attached hydrogen (secondary N) is 1. The van der Waals surface area contributed by atoms with Crippen LogP contribution in [0.25, 0.3) is 22.3 Å². The molecule has 8 rings (SSSR count). The Balaban J connectivity index is 1.15. The third kappa shape index (κ3) is 9.64. The van der Waals surface area contributed by atoms with Crippen LogP contribution in [0.5, 0.6) is 11.5 Å². The maximum absolute atomic E-state index is 15.1. The third-order valence-corrected chi connectivity index (χ3v) is 16.2. The average Bonchev–Trinajstić information content (AvgIpc) is 3.51. The van der Waals surface area contributed by atoms with Gasteiger partial charge in [0.25, 0.3) is 0 Å². The number of anilines is 1. The van der Waals surface area contributed by atoms with E-state index in [2.05, 4.69) is 56.4 Å². The van der Waals surface area contributed by atoms with Gasteiger partial charge in [-0.1, -0.05) is 85.2 Å². The molecule has 3 aromatic carbocycles. The minimum Gasteiger partial charge on any atom is -0.497 e. The van der Waals surface area contributed by atoms with Crippen LogP contribution in [-0.2, 0) is 26.7 Å². The second-order valence-electron chi connectivity index (χ2n) is 17.6. The van der Waals surface area contributed by atoms with Gasteiger partial charge in [-0.25, -0.2) is 9.97 Å². The highest BCUT2D eigenvalue weighted by Gasteiger charge is 2.65. The van der Waals surface area contributed by atoms with Gasteiger partial charge in [-0.15, -0.1) is 11.3 Å². The highest BCUT2D eigenvalue weighted by Crippen LogP contribution is 2.74. The zero-order valence-electron chi connectivity index (χ0n) is 35.6. The number of amides is 1. The molecule has 0 bridgehead atoms. The maximum Gasteiger partial charge on any atom is 0.226 e. The van der Waals surface area contributed by atoms with Crippen LogP contribution in [0.1, 0.15) is 81.9 Å². The summed E-state index contributed by atoms with van der Waals surface area (Å²) in [5.41, 5.74) is 5.01. The van der Waals surface area contributed by atoms with Crippen LogP contribution >= 0.6 is 18.7 Å². The summed E-state index contributed by atoms with van der Waals surface area (Å²) in [7, 11) is -2.27. The summed E-state index contributed by atoms with van der Waals surface area (Å²) in [6.07, 6.45) is 9.29. The number of ether oxygens (including phenoxy) is 2. The summed E-state index contributed by atoms with van der Waals surface area (Å²) in [6.45, 7) is 6.41. The molecule has 2 fully saturated rings. The molecule has 1 saturated heterocycles. The first-order valence-corrected chi connectivity index (χ1v) is 24.4. The molecular formula is C49H57N4O6PS. The lowest BCUT2D eigenvalue weighted by atomic mass is 9.91. The van der Waals surface area contributed by atoms with Gasteiger partial charge in [0.15, 0.2) is 10.9 Å². The Labute approximate surface area is 363 Å². The minimum absolute atomic E-state index is 0.000672. The number of aromatic nitrogens is 2. The van der Waals surface area contributed by atoms with Crippen LogP contribution < -0.4 is 14.8 Å². The van der Waals surface area contributed by atoms with Crippen molar-refractivity contribution in [2.24, 2.45) is 11.8 Å². The summed E-state index contributed by atoms with van der Waals surface area (Å²) >= 11 is 1.51. The molecule has 3 aliphatic rings. The Morgan fingerprint density at radius 3 is 2.59 bits per heavy atom. The summed E-state index contributed by atoms with van der Waals surface area (Å²) in [5, 5.41) is 5.81. The lowest BCUT2D eigenvalue weighted by molar-refractivity contribution is -0.141. The van der Waals surface area contributed by atoms with Crippen molar-refractivity contribution < 1.29 is 28.5 Å². The number of nitrogens with zero attached hydrogens (tertiary/aromatic N) is 3. The zero-order chi connectivity index (χ0) is 42.7. The van der Waals surface area contributed by atoms with E-state index < -0.39 is 24.7 Å². The van der Waals surface area contributed by atoms with Gasteiger partial charge < -0.3 is 24.6 Å². The van der Waals surface area contributed by atoms with Crippen molar-refractivity contribution in [1.29, 1.82) is 0 Å². The van der Waals surface area contributed by atoms with E-state index in [1.165, 1.54) is 11.3 Å². The van der Waals surface area contributed by atoms with Crippen molar-refractivity contribution in [3.63, 3.8) is 0 Å². The van der Waals surface area contributed by atoms with E-state index in [-0.39, 0.29) is 55.1 Å². The number of aryl methyl sites for hydroxylation is 1. The van der Waals surface area contributed by atoms with E-state index in [0.717, 1.165) is 52.9 Å². The molecule has 0 radical (unpaired) electrons. The topological polar surface area (TPSA) is 131 Å². The SMILES string of the molecule is COc1ccc2c(O[C@@H]3C[C@H]4C(=O)C[C@]5(P(=O)(O)Cc6ccccc6)C[C@H]5/C=C\CCCCC[C@H](Cc5cccc(C)c5)C(=O)N4C3)cc(-c3csc(NC(C)C)n3)nc2c1. The van der Waals surface area contributed by atoms with Crippen LogP contribution in [0.3, 0.4) is 0 Å². The second-order valence-corrected chi connectivity index (χ2v) is 21.0. The number of Topliss-reactive ketones (excluding diaryl/α,β-unsaturated/α-hetero) is 1. The number of methoxy groups -OCH3 is 1. The van der Waals surface area contributed by atoms with Crippen LogP contribution in [0.4, 0.5) is 5.13 Å². The minimum atomic E-state index is -3.89. The first-order chi connectivity index (χ1) is 29.4. The molecule has 5 aromatic rings. The number of benzene rings is 3. The van der Waals surface area contributed by atoms with E-state index in [0.29, 0.717) is 47.7 Å². The van der Waals surface area contributed by atoms with E-state index in [9.17, 15) is 14.3 Å². The molecule has 2 N–H and O–H groups in total. The number of allylic oxidation sites excluding steroid dienone is 2. The van der Waals surface area contributed by atoms with Gasteiger partial charge in [-0.3, -0.25) is 14.2 Å². The van der Waals surface area contributed by atoms with E-state index in [4.69, 9.17) is 19.4 Å². The molecule has 1 unspecified atom stereocenters. The van der Waals surface area contributed by atoms with Crippen molar-refractivity contribution in [2.75, 3.05) is 19.0 Å². The molecule has 1 saturated carbocycles. The number of carbonyl (C=O) groups is 2. The lowest BCUT2D eigenvalue weighted by Gasteiger charge is -2.30. The molecule has 4 heterocycles. The maximum atomic E-state index is 15.1. The number of hydrogen-bond acceptors (Lipinski definition) is 9. The largest absolute Gasteiger partial charge is 0.497 e. The van der Waals surface area contributed by atoms with Gasteiger partial charge in [0, 0.05) is 47.7 Å². The zero-order valence-corrected chi connectivity index (χ0v) is 37.3. The Morgan fingerprint density at radius 1 is 0.984 bits per heavy atom. The van der Waals surface area contributed by atoms with Crippen molar-refractivity contribution in [3.8, 4) is 22.9 Å². The Hall–Kier alpha value is -4.83. The number of hydrogen-bond donors (Lipinski definition) is 2. The first kappa shape index (κ1) is 42.8. The normalized spacial score (nSPS) is 24.9. The fourth-order valence-electron chi connectivity index (χ4n) is 9.31. The molecule has 2 aliphatic heterocycles. The van der Waals surface area contributed by atoms with Gasteiger partial charge in [0.2, 0.25) is 13.3 Å². The van der Waals surface area contributed by atoms with Gasteiger partial charge in [0.05, 0.1) is 42.2 Å². The van der Waals surface area contributed by atoms with E-state index >= 15 is 4.79 Å². The van der Waals surface area contributed by atoms with E-state index in [1.807, 2.05) is 66.0 Å². The molecule has 6 atom stereocenters. The number of rotatable bonds is 11. The van der Waals surface area contributed by atoms with E-state index in [1.54, 1.807) is 12.0 Å². The summed E-state index contributed by atoms with van der Waals surface area (Å²) < 4.78 is 27.1. The van der Waals surface area contributed by atoms with Gasteiger partial charge in [0.1, 0.15) is 23.3 Å². The van der Waals surface area contributed by atoms with Gasteiger partial charge in [-0.2, -0.15) is 0 Å². The highest BCUT2D eigenvalue weighted by atomic mass is 32.1. The highest BCUT2D eigenvalue weighted by molar-refractivity contribution is 7.59. The van der Waals surface area contributed by atoms with Crippen molar-refractivity contribution in [1.82, 2.24) is 14.9 Å². The molecule has 1 amide bonds. The summed E-state index contributed by atoms with van der Waals surface area (Å²) in [5.74, 6) is 0.467.